The number of rotatable bonds is 9. The van der Waals surface area contributed by atoms with Crippen LogP contribution in [-0.4, -0.2) is 48.1 Å². The van der Waals surface area contributed by atoms with Crippen LogP contribution in [0.25, 0.3) is 0 Å². The number of nitrogens with zero attached hydrogens (tertiary/aromatic N) is 3. The van der Waals surface area contributed by atoms with E-state index in [1.54, 1.807) is 7.05 Å². The maximum Gasteiger partial charge on any atom is 0.233 e. The van der Waals surface area contributed by atoms with Gasteiger partial charge in [0.05, 0.1) is 0 Å². The minimum atomic E-state index is -0.338. The molecule has 110 valence electrons. The normalized spacial score (nSPS) is 19.1. The lowest BCUT2D eigenvalue weighted by atomic mass is 10.1. The van der Waals surface area contributed by atoms with E-state index >= 15 is 0 Å². The van der Waals surface area contributed by atoms with Crippen molar-refractivity contribution in [3.05, 3.63) is 0 Å². The number of hydroxylamine groups is 2. The second-order valence-electron chi connectivity index (χ2n) is 4.84. The molecule has 5 heteroatoms. The lowest BCUT2D eigenvalue weighted by Crippen LogP contribution is -2.36. The monoisotopic (exact) mass is 269 g/mol. The summed E-state index contributed by atoms with van der Waals surface area (Å²) in [5.41, 5.74) is 0. The summed E-state index contributed by atoms with van der Waals surface area (Å²) in [6.45, 7) is 8.01. The Bertz CT molecular complexity index is 314. The van der Waals surface area contributed by atoms with Gasteiger partial charge in [-0.2, -0.15) is 0 Å². The first-order chi connectivity index (χ1) is 9.13. The molecule has 1 heterocycles. The Hall–Kier alpha value is -0.940. The second kappa shape index (κ2) is 8.27. The number of carbonyl (C=O) groups excluding carboxylic acids is 1. The molecule has 0 N–H and O–H groups in total. The van der Waals surface area contributed by atoms with E-state index in [1.807, 2.05) is 0 Å². The third-order valence-corrected chi connectivity index (χ3v) is 3.41. The second-order valence-corrected chi connectivity index (χ2v) is 4.84. The predicted octanol–water partition coefficient (Wildman–Crippen LogP) is 2.43. The van der Waals surface area contributed by atoms with Crippen molar-refractivity contribution in [2.45, 2.75) is 59.2 Å². The fraction of sp³-hybridized carbons (Fsp3) is 0.857. The van der Waals surface area contributed by atoms with Gasteiger partial charge in [0.1, 0.15) is 0 Å². The number of ketones is 1. The highest BCUT2D eigenvalue weighted by Gasteiger charge is 2.30. The quantitative estimate of drug-likeness (QED) is 0.603. The maximum absolute atomic E-state index is 12.1. The molecular formula is C14H27N3O2. The van der Waals surface area contributed by atoms with Gasteiger partial charge in [0.15, 0.2) is 11.6 Å². The van der Waals surface area contributed by atoms with E-state index in [-0.39, 0.29) is 12.1 Å². The molecule has 5 nitrogen and oxygen atoms in total. The maximum atomic E-state index is 12.1. The Labute approximate surface area is 116 Å². The topological polar surface area (TPSA) is 45.1 Å². The van der Waals surface area contributed by atoms with Crippen molar-refractivity contribution in [2.75, 3.05) is 20.1 Å². The fourth-order valence-corrected chi connectivity index (χ4v) is 2.16. The Morgan fingerprint density at radius 2 is 1.95 bits per heavy atom. The summed E-state index contributed by atoms with van der Waals surface area (Å²) in [7, 11) is 1.76. The zero-order valence-corrected chi connectivity index (χ0v) is 12.7. The predicted molar refractivity (Wildman–Crippen MR) is 76.8 cm³/mol. The van der Waals surface area contributed by atoms with Gasteiger partial charge in [0.2, 0.25) is 6.35 Å². The lowest BCUT2D eigenvalue weighted by molar-refractivity contribution is -0.162. The molecule has 1 rings (SSSR count). The Kier molecular flexibility index (Phi) is 7.02. The van der Waals surface area contributed by atoms with Gasteiger partial charge in [0, 0.05) is 13.5 Å². The molecule has 0 aromatic heterocycles. The van der Waals surface area contributed by atoms with Gasteiger partial charge < -0.3 is 0 Å². The summed E-state index contributed by atoms with van der Waals surface area (Å²) in [5.74, 6) is 0.557. The van der Waals surface area contributed by atoms with E-state index in [0.717, 1.165) is 25.9 Å². The number of likely N-dealkylation sites (N-methyl/N-ethyl adjacent to an activating group) is 1. The van der Waals surface area contributed by atoms with Gasteiger partial charge in [-0.3, -0.25) is 9.69 Å². The number of amidine groups is 1. The summed E-state index contributed by atoms with van der Waals surface area (Å²) in [4.78, 5) is 24.2. The summed E-state index contributed by atoms with van der Waals surface area (Å²) in [6, 6.07) is 0. The standard InChI is InChI=1S/C14H27N3O2/c1-5-8-9-10-11-12(18)13-15-14(19-16(13)4)17(6-2)7-3/h14H,5-11H2,1-4H3. The smallest absolute Gasteiger partial charge is 0.233 e. The van der Waals surface area contributed by atoms with Crippen molar-refractivity contribution in [1.29, 1.82) is 0 Å². The zero-order chi connectivity index (χ0) is 14.3. The first-order valence-corrected chi connectivity index (χ1v) is 7.39. The van der Waals surface area contributed by atoms with Crippen molar-refractivity contribution in [2.24, 2.45) is 4.99 Å². The van der Waals surface area contributed by atoms with Crippen LogP contribution >= 0.6 is 0 Å². The van der Waals surface area contributed by atoms with E-state index in [9.17, 15) is 4.79 Å². The fourth-order valence-electron chi connectivity index (χ4n) is 2.16. The molecule has 0 amide bonds. The summed E-state index contributed by atoms with van der Waals surface area (Å²) in [5, 5.41) is 1.52. The highest BCUT2D eigenvalue weighted by Crippen LogP contribution is 2.15. The first kappa shape index (κ1) is 16.1. The molecule has 0 bridgehead atoms. The molecule has 1 unspecified atom stereocenters. The van der Waals surface area contributed by atoms with Gasteiger partial charge >= 0.3 is 0 Å². The molecule has 1 aliphatic rings. The number of hydrogen-bond acceptors (Lipinski definition) is 5. The molecule has 19 heavy (non-hydrogen) atoms. The van der Waals surface area contributed by atoms with Crippen molar-refractivity contribution >= 4 is 11.6 Å². The summed E-state index contributed by atoms with van der Waals surface area (Å²) in [6.07, 6.45) is 4.65. The van der Waals surface area contributed by atoms with Gasteiger partial charge in [-0.25, -0.2) is 14.9 Å². The molecule has 0 saturated heterocycles. The highest BCUT2D eigenvalue weighted by atomic mass is 16.7. The van der Waals surface area contributed by atoms with Crippen molar-refractivity contribution in [3.63, 3.8) is 0 Å². The largest absolute Gasteiger partial charge is 0.291 e. The van der Waals surface area contributed by atoms with Gasteiger partial charge in [-0.1, -0.05) is 40.0 Å². The Balaban J connectivity index is 2.51. The highest BCUT2D eigenvalue weighted by molar-refractivity contribution is 6.38. The minimum absolute atomic E-state index is 0.0910. The number of unbranched alkanes of at least 4 members (excludes halogenated alkanes) is 3. The van der Waals surface area contributed by atoms with Crippen LogP contribution in [0.5, 0.6) is 0 Å². The molecule has 0 fully saturated rings. The Morgan fingerprint density at radius 1 is 1.26 bits per heavy atom. The number of Topliss-reactive ketones (excluding diaryl/α,β-unsaturated/α-hetero) is 1. The summed E-state index contributed by atoms with van der Waals surface area (Å²) >= 11 is 0. The Morgan fingerprint density at radius 3 is 2.53 bits per heavy atom. The number of hydrogen-bond donors (Lipinski definition) is 0. The minimum Gasteiger partial charge on any atom is -0.291 e. The van der Waals surface area contributed by atoms with Crippen LogP contribution in [0.2, 0.25) is 0 Å². The molecule has 1 aliphatic heterocycles. The zero-order valence-electron chi connectivity index (χ0n) is 12.7. The summed E-state index contributed by atoms with van der Waals surface area (Å²) < 4.78 is 0. The first-order valence-electron chi connectivity index (χ1n) is 7.39. The molecule has 0 aromatic rings. The number of carbonyl (C=O) groups is 1. The van der Waals surface area contributed by atoms with Crippen LogP contribution in [0, 0.1) is 0 Å². The van der Waals surface area contributed by atoms with E-state index in [1.165, 1.54) is 17.9 Å². The molecule has 0 aliphatic carbocycles. The van der Waals surface area contributed by atoms with Crippen LogP contribution < -0.4 is 0 Å². The van der Waals surface area contributed by atoms with E-state index < -0.39 is 0 Å². The van der Waals surface area contributed by atoms with Crippen LogP contribution in [0.1, 0.15) is 52.9 Å². The molecular weight excluding hydrogens is 242 g/mol. The third-order valence-electron chi connectivity index (χ3n) is 3.41. The van der Waals surface area contributed by atoms with Crippen molar-refractivity contribution < 1.29 is 9.63 Å². The third kappa shape index (κ3) is 4.58. The molecule has 0 saturated carbocycles. The van der Waals surface area contributed by atoms with Crippen LogP contribution in [0.4, 0.5) is 0 Å². The lowest BCUT2D eigenvalue weighted by Gasteiger charge is -2.23. The average molecular weight is 269 g/mol. The van der Waals surface area contributed by atoms with Gasteiger partial charge in [0.25, 0.3) is 0 Å². The number of aliphatic imine (C=N–C) groups is 1. The van der Waals surface area contributed by atoms with Crippen LogP contribution in [0.15, 0.2) is 4.99 Å². The van der Waals surface area contributed by atoms with Crippen LogP contribution in [-0.2, 0) is 9.63 Å². The van der Waals surface area contributed by atoms with Crippen molar-refractivity contribution in [3.8, 4) is 0 Å². The van der Waals surface area contributed by atoms with E-state index in [0.29, 0.717) is 12.3 Å². The SMILES string of the molecule is CCCCCCC(=O)C1=NC(N(CC)CC)ON1C. The molecule has 0 radical (unpaired) electrons. The van der Waals surface area contributed by atoms with Gasteiger partial charge in [-0.05, 0) is 19.5 Å². The van der Waals surface area contributed by atoms with Crippen LogP contribution in [0.3, 0.4) is 0 Å². The molecule has 1 atom stereocenters. The van der Waals surface area contributed by atoms with Gasteiger partial charge in [-0.15, -0.1) is 0 Å². The van der Waals surface area contributed by atoms with E-state index in [4.69, 9.17) is 4.84 Å². The average Bonchev–Trinajstić information content (AvgIpc) is 2.78. The molecule has 0 aromatic carbocycles. The van der Waals surface area contributed by atoms with E-state index in [2.05, 4.69) is 30.7 Å². The molecule has 0 spiro atoms. The van der Waals surface area contributed by atoms with Crippen molar-refractivity contribution in [1.82, 2.24) is 9.96 Å².